The highest BCUT2D eigenvalue weighted by Gasteiger charge is 2.27. The summed E-state index contributed by atoms with van der Waals surface area (Å²) in [5.41, 5.74) is 0. The summed E-state index contributed by atoms with van der Waals surface area (Å²) in [6, 6.07) is -0.401. The van der Waals surface area contributed by atoms with Crippen LogP contribution in [0.25, 0.3) is 0 Å². The first-order valence-corrected chi connectivity index (χ1v) is 7.77. The van der Waals surface area contributed by atoms with E-state index in [2.05, 4.69) is 14.7 Å². The molecule has 2 aromatic rings. The number of rotatable bonds is 5. The number of nitrogens with one attached hydrogen (secondary N) is 1. The minimum absolute atomic E-state index is 0.0138. The highest BCUT2D eigenvalue weighted by molar-refractivity contribution is 7.89. The number of aryl methyl sites for hydroxylation is 2. The van der Waals surface area contributed by atoms with Crippen LogP contribution in [0.1, 0.15) is 25.7 Å². The van der Waals surface area contributed by atoms with Gasteiger partial charge in [0.15, 0.2) is 5.03 Å². The molecule has 0 aliphatic rings. The van der Waals surface area contributed by atoms with E-state index in [0.717, 1.165) is 0 Å². The number of hydrogen-bond acceptors (Lipinski definition) is 4. The van der Waals surface area contributed by atoms with Crippen LogP contribution in [0.5, 0.6) is 0 Å². The Morgan fingerprint density at radius 3 is 2.40 bits per heavy atom. The summed E-state index contributed by atoms with van der Waals surface area (Å²) in [4.78, 5) is 8.12. The van der Waals surface area contributed by atoms with Gasteiger partial charge >= 0.3 is 0 Å². The summed E-state index contributed by atoms with van der Waals surface area (Å²) >= 11 is 0. The summed E-state index contributed by atoms with van der Waals surface area (Å²) in [5, 5.41) is 0.0138. The van der Waals surface area contributed by atoms with Crippen molar-refractivity contribution >= 4 is 10.0 Å². The minimum Gasteiger partial charge on any atom is -0.339 e. The normalized spacial score (nSPS) is 13.8. The highest BCUT2D eigenvalue weighted by Crippen LogP contribution is 2.22. The molecule has 0 aromatic carbocycles. The van der Waals surface area contributed by atoms with Crippen molar-refractivity contribution in [2.75, 3.05) is 0 Å². The fourth-order valence-electron chi connectivity index (χ4n) is 1.92. The van der Waals surface area contributed by atoms with Crippen LogP contribution in [0, 0.1) is 5.92 Å². The van der Waals surface area contributed by atoms with Crippen molar-refractivity contribution in [3.05, 3.63) is 30.7 Å². The van der Waals surface area contributed by atoms with Gasteiger partial charge in [-0.25, -0.2) is 18.4 Å². The molecule has 8 heteroatoms. The van der Waals surface area contributed by atoms with Crippen molar-refractivity contribution in [1.82, 2.24) is 23.8 Å². The van der Waals surface area contributed by atoms with E-state index in [1.807, 2.05) is 25.5 Å². The van der Waals surface area contributed by atoms with Gasteiger partial charge in [0.2, 0.25) is 0 Å². The fraction of sp³-hybridized carbons (Fsp3) is 0.500. The van der Waals surface area contributed by atoms with E-state index in [9.17, 15) is 8.42 Å². The molecule has 20 heavy (non-hydrogen) atoms. The number of imidazole rings is 2. The molecule has 0 spiro atoms. The molecule has 0 aliphatic carbocycles. The van der Waals surface area contributed by atoms with Gasteiger partial charge < -0.3 is 9.13 Å². The maximum absolute atomic E-state index is 12.3. The van der Waals surface area contributed by atoms with E-state index < -0.39 is 16.1 Å². The molecule has 1 unspecified atom stereocenters. The molecule has 0 fully saturated rings. The Kier molecular flexibility index (Phi) is 3.96. The predicted molar refractivity (Wildman–Crippen MR) is 74.3 cm³/mol. The van der Waals surface area contributed by atoms with E-state index in [1.165, 1.54) is 12.5 Å². The lowest BCUT2D eigenvalue weighted by atomic mass is 10.1. The largest absolute Gasteiger partial charge is 0.339 e. The molecule has 0 amide bonds. The van der Waals surface area contributed by atoms with Crippen molar-refractivity contribution in [3.8, 4) is 0 Å². The Hall–Kier alpha value is -1.67. The molecule has 1 N–H and O–H groups in total. The lowest BCUT2D eigenvalue weighted by Crippen LogP contribution is -2.33. The molecular formula is C12H19N5O2S. The third-order valence-corrected chi connectivity index (χ3v) is 4.37. The van der Waals surface area contributed by atoms with Crippen LogP contribution >= 0.6 is 0 Å². The van der Waals surface area contributed by atoms with Crippen molar-refractivity contribution < 1.29 is 8.42 Å². The van der Waals surface area contributed by atoms with Crippen LogP contribution in [0.15, 0.2) is 29.9 Å². The molecule has 0 aliphatic heterocycles. The average Bonchev–Trinajstić information content (AvgIpc) is 2.95. The highest BCUT2D eigenvalue weighted by atomic mass is 32.2. The van der Waals surface area contributed by atoms with E-state index >= 15 is 0 Å². The molecule has 0 radical (unpaired) electrons. The maximum Gasteiger partial charge on any atom is 0.260 e. The van der Waals surface area contributed by atoms with Crippen LogP contribution < -0.4 is 4.72 Å². The molecule has 2 heterocycles. The minimum atomic E-state index is -3.66. The lowest BCUT2D eigenvalue weighted by molar-refractivity contribution is 0.434. The van der Waals surface area contributed by atoms with Crippen LogP contribution in [-0.4, -0.2) is 27.5 Å². The molecule has 2 rings (SSSR count). The van der Waals surface area contributed by atoms with Gasteiger partial charge in [-0.2, -0.15) is 4.72 Å². The quantitative estimate of drug-likeness (QED) is 0.886. The van der Waals surface area contributed by atoms with Crippen LogP contribution in [0.3, 0.4) is 0 Å². The predicted octanol–water partition coefficient (Wildman–Crippen LogP) is 0.829. The average molecular weight is 297 g/mol. The fourth-order valence-corrected chi connectivity index (χ4v) is 3.24. The van der Waals surface area contributed by atoms with Gasteiger partial charge in [0.1, 0.15) is 5.82 Å². The molecule has 0 bridgehead atoms. The van der Waals surface area contributed by atoms with Gasteiger partial charge in [-0.3, -0.25) is 0 Å². The van der Waals surface area contributed by atoms with Gasteiger partial charge in [-0.1, -0.05) is 13.8 Å². The van der Waals surface area contributed by atoms with Crippen LogP contribution in [-0.2, 0) is 24.1 Å². The van der Waals surface area contributed by atoms with Crippen LogP contribution in [0.4, 0.5) is 0 Å². The molecule has 110 valence electrons. The number of hydrogen-bond donors (Lipinski definition) is 1. The second-order valence-corrected chi connectivity index (χ2v) is 6.78. The summed E-state index contributed by atoms with van der Waals surface area (Å²) in [6.45, 7) is 3.89. The van der Waals surface area contributed by atoms with Gasteiger partial charge in [-0.15, -0.1) is 0 Å². The summed E-state index contributed by atoms with van der Waals surface area (Å²) in [5.74, 6) is 0.745. The molecule has 0 saturated heterocycles. The van der Waals surface area contributed by atoms with Crippen molar-refractivity contribution in [2.45, 2.75) is 24.9 Å². The Bertz CT molecular complexity index is 686. The summed E-state index contributed by atoms with van der Waals surface area (Å²) < 4.78 is 30.8. The molecule has 7 nitrogen and oxygen atoms in total. The molecule has 0 saturated carbocycles. The second-order valence-electron chi connectivity index (χ2n) is 5.12. The van der Waals surface area contributed by atoms with Crippen molar-refractivity contribution in [2.24, 2.45) is 20.0 Å². The van der Waals surface area contributed by atoms with Gasteiger partial charge in [0.05, 0.1) is 12.4 Å². The monoisotopic (exact) mass is 297 g/mol. The number of nitrogens with zero attached hydrogens (tertiary/aromatic N) is 4. The van der Waals surface area contributed by atoms with Gasteiger partial charge in [0.25, 0.3) is 10.0 Å². The third kappa shape index (κ3) is 2.91. The Morgan fingerprint density at radius 2 is 1.95 bits per heavy atom. The van der Waals surface area contributed by atoms with Gasteiger partial charge in [0, 0.05) is 32.7 Å². The summed E-state index contributed by atoms with van der Waals surface area (Å²) in [7, 11) is -0.0948. The first-order valence-electron chi connectivity index (χ1n) is 6.29. The van der Waals surface area contributed by atoms with E-state index in [-0.39, 0.29) is 10.9 Å². The first-order chi connectivity index (χ1) is 9.31. The Morgan fingerprint density at radius 1 is 1.25 bits per heavy atom. The molecule has 1 atom stereocenters. The van der Waals surface area contributed by atoms with Crippen LogP contribution in [0.2, 0.25) is 0 Å². The Labute approximate surface area is 118 Å². The first kappa shape index (κ1) is 14.7. The zero-order valence-electron chi connectivity index (χ0n) is 12.0. The van der Waals surface area contributed by atoms with E-state index in [4.69, 9.17) is 0 Å². The number of aromatic nitrogens is 4. The zero-order chi connectivity index (χ0) is 14.9. The Balaban J connectivity index is 2.32. The second kappa shape index (κ2) is 5.37. The smallest absolute Gasteiger partial charge is 0.260 e. The number of sulfonamides is 1. The molecular weight excluding hydrogens is 278 g/mol. The van der Waals surface area contributed by atoms with E-state index in [0.29, 0.717) is 5.82 Å². The maximum atomic E-state index is 12.3. The van der Waals surface area contributed by atoms with Gasteiger partial charge in [-0.05, 0) is 5.92 Å². The lowest BCUT2D eigenvalue weighted by Gasteiger charge is -2.21. The molecule has 2 aromatic heterocycles. The standard InChI is InChI=1S/C12H19N5O2S/c1-9(2)11(12-13-5-6-17(12)4)15-20(18,19)10-7-16(3)8-14-10/h5-9,11,15H,1-4H3. The topological polar surface area (TPSA) is 81.8 Å². The third-order valence-electron chi connectivity index (χ3n) is 3.04. The van der Waals surface area contributed by atoms with E-state index in [1.54, 1.807) is 24.0 Å². The van der Waals surface area contributed by atoms with Crippen molar-refractivity contribution in [3.63, 3.8) is 0 Å². The zero-order valence-corrected chi connectivity index (χ0v) is 12.8. The SMILES string of the molecule is CC(C)C(NS(=O)(=O)c1cn(C)cn1)c1nccn1C. The summed E-state index contributed by atoms with van der Waals surface area (Å²) in [6.07, 6.45) is 6.37. The van der Waals surface area contributed by atoms with Crippen molar-refractivity contribution in [1.29, 1.82) is 0 Å².